The molecule has 2 atom stereocenters. The maximum absolute atomic E-state index is 11.7. The van der Waals surface area contributed by atoms with Crippen LogP contribution in [0.15, 0.2) is 6.07 Å². The van der Waals surface area contributed by atoms with Crippen molar-refractivity contribution >= 4 is 5.91 Å². The van der Waals surface area contributed by atoms with Crippen LogP contribution in [0.25, 0.3) is 0 Å². The fraction of sp³-hybridized carbons (Fsp3) is 0.625. The van der Waals surface area contributed by atoms with Crippen LogP contribution in [0.1, 0.15) is 60.1 Å². The van der Waals surface area contributed by atoms with E-state index in [1.54, 1.807) is 0 Å². The van der Waals surface area contributed by atoms with Crippen molar-refractivity contribution in [1.82, 2.24) is 4.98 Å². The Labute approximate surface area is 125 Å². The number of pyridine rings is 1. The van der Waals surface area contributed by atoms with Crippen LogP contribution in [0.5, 0.6) is 5.88 Å². The number of fused-ring (bicyclic) bond motifs is 1. The zero-order valence-electron chi connectivity index (χ0n) is 12.3. The predicted octanol–water partition coefficient (Wildman–Crippen LogP) is 1.71. The van der Waals surface area contributed by atoms with E-state index in [9.17, 15) is 4.79 Å². The van der Waals surface area contributed by atoms with E-state index in [1.807, 2.05) is 6.07 Å². The molecule has 1 aromatic rings. The number of carbonyl (C=O) groups is 1. The van der Waals surface area contributed by atoms with E-state index in [4.69, 9.17) is 16.2 Å². The SMILES string of the molecule is NC(=O)c1cc2c(nc1OC1CCCCCC1N)CCC2. The fourth-order valence-electron chi connectivity index (χ4n) is 3.31. The number of hydrogen-bond acceptors (Lipinski definition) is 4. The van der Waals surface area contributed by atoms with Crippen LogP contribution in [-0.2, 0) is 12.8 Å². The maximum atomic E-state index is 11.7. The van der Waals surface area contributed by atoms with Gasteiger partial charge in [-0.1, -0.05) is 12.8 Å². The number of hydrogen-bond donors (Lipinski definition) is 2. The van der Waals surface area contributed by atoms with Crippen LogP contribution in [0, 0.1) is 0 Å². The molecule has 1 aromatic heterocycles. The number of rotatable bonds is 3. The standard InChI is InChI=1S/C16H23N3O2/c17-12-6-2-1-3-8-14(12)21-16-11(15(18)20)9-10-5-4-7-13(10)19-16/h9,12,14H,1-8,17H2,(H2,18,20). The summed E-state index contributed by atoms with van der Waals surface area (Å²) >= 11 is 0. The van der Waals surface area contributed by atoms with Crippen molar-refractivity contribution in [3.63, 3.8) is 0 Å². The van der Waals surface area contributed by atoms with Crippen molar-refractivity contribution in [2.24, 2.45) is 11.5 Å². The number of primary amides is 1. The third-order valence-electron chi connectivity index (χ3n) is 4.55. The zero-order valence-corrected chi connectivity index (χ0v) is 12.3. The van der Waals surface area contributed by atoms with E-state index < -0.39 is 5.91 Å². The molecule has 1 saturated carbocycles. The Morgan fingerprint density at radius 3 is 2.81 bits per heavy atom. The van der Waals surface area contributed by atoms with Gasteiger partial charge in [-0.3, -0.25) is 4.79 Å². The number of carbonyl (C=O) groups excluding carboxylic acids is 1. The lowest BCUT2D eigenvalue weighted by atomic mass is 10.1. The van der Waals surface area contributed by atoms with E-state index in [0.29, 0.717) is 11.4 Å². The van der Waals surface area contributed by atoms with Crippen molar-refractivity contribution in [3.05, 3.63) is 22.9 Å². The predicted molar refractivity (Wildman–Crippen MR) is 80.3 cm³/mol. The molecule has 4 N–H and O–H groups in total. The first kappa shape index (κ1) is 14.3. The van der Waals surface area contributed by atoms with Gasteiger partial charge < -0.3 is 16.2 Å². The van der Waals surface area contributed by atoms with Gasteiger partial charge in [-0.15, -0.1) is 0 Å². The van der Waals surface area contributed by atoms with Crippen molar-refractivity contribution < 1.29 is 9.53 Å². The Balaban J connectivity index is 1.88. The molecular formula is C16H23N3O2. The van der Waals surface area contributed by atoms with E-state index >= 15 is 0 Å². The molecular weight excluding hydrogens is 266 g/mol. The van der Waals surface area contributed by atoms with E-state index in [-0.39, 0.29) is 12.1 Å². The van der Waals surface area contributed by atoms with Gasteiger partial charge in [0.25, 0.3) is 5.91 Å². The van der Waals surface area contributed by atoms with Gasteiger partial charge in [0.05, 0.1) is 0 Å². The van der Waals surface area contributed by atoms with Gasteiger partial charge in [0.2, 0.25) is 5.88 Å². The average Bonchev–Trinajstić information content (AvgIpc) is 2.82. The first-order chi connectivity index (χ1) is 10.1. The van der Waals surface area contributed by atoms with Crippen LogP contribution in [0.4, 0.5) is 0 Å². The molecule has 114 valence electrons. The molecule has 3 rings (SSSR count). The third-order valence-corrected chi connectivity index (χ3v) is 4.55. The van der Waals surface area contributed by atoms with E-state index in [1.165, 1.54) is 6.42 Å². The lowest BCUT2D eigenvalue weighted by Gasteiger charge is -2.23. The fourth-order valence-corrected chi connectivity index (χ4v) is 3.31. The Morgan fingerprint density at radius 2 is 2.00 bits per heavy atom. The molecule has 2 aliphatic carbocycles. The molecule has 1 heterocycles. The normalized spacial score (nSPS) is 25.2. The molecule has 0 saturated heterocycles. The number of aromatic nitrogens is 1. The summed E-state index contributed by atoms with van der Waals surface area (Å²) in [7, 11) is 0. The number of amides is 1. The Bertz CT molecular complexity index is 545. The molecule has 0 aliphatic heterocycles. The number of aryl methyl sites for hydroxylation is 2. The summed E-state index contributed by atoms with van der Waals surface area (Å²) in [5.41, 5.74) is 14.2. The molecule has 21 heavy (non-hydrogen) atoms. The molecule has 2 unspecified atom stereocenters. The van der Waals surface area contributed by atoms with Crippen molar-refractivity contribution in [3.8, 4) is 5.88 Å². The summed E-state index contributed by atoms with van der Waals surface area (Å²) in [6.45, 7) is 0. The second-order valence-electron chi connectivity index (χ2n) is 6.12. The zero-order chi connectivity index (χ0) is 14.8. The van der Waals surface area contributed by atoms with Gasteiger partial charge in [-0.05, 0) is 50.2 Å². The van der Waals surface area contributed by atoms with Gasteiger partial charge in [0.1, 0.15) is 11.7 Å². The van der Waals surface area contributed by atoms with Crippen LogP contribution >= 0.6 is 0 Å². The van der Waals surface area contributed by atoms with Gasteiger partial charge in [0, 0.05) is 11.7 Å². The van der Waals surface area contributed by atoms with Crippen LogP contribution in [-0.4, -0.2) is 23.0 Å². The highest BCUT2D eigenvalue weighted by Gasteiger charge is 2.26. The molecule has 0 aromatic carbocycles. The number of nitrogens with two attached hydrogens (primary N) is 2. The minimum absolute atomic E-state index is 0.00304. The van der Waals surface area contributed by atoms with Crippen LogP contribution in [0.2, 0.25) is 0 Å². The first-order valence-electron chi connectivity index (χ1n) is 7.90. The highest BCUT2D eigenvalue weighted by atomic mass is 16.5. The average molecular weight is 289 g/mol. The molecule has 0 spiro atoms. The molecule has 1 fully saturated rings. The summed E-state index contributed by atoms with van der Waals surface area (Å²) in [4.78, 5) is 16.2. The van der Waals surface area contributed by atoms with Gasteiger partial charge in [-0.25, -0.2) is 4.98 Å². The highest BCUT2D eigenvalue weighted by molar-refractivity contribution is 5.95. The van der Waals surface area contributed by atoms with Gasteiger partial charge >= 0.3 is 0 Å². The summed E-state index contributed by atoms with van der Waals surface area (Å²) in [5, 5.41) is 0. The highest BCUT2D eigenvalue weighted by Crippen LogP contribution is 2.29. The smallest absolute Gasteiger partial charge is 0.254 e. The monoisotopic (exact) mass is 289 g/mol. The molecule has 0 radical (unpaired) electrons. The topological polar surface area (TPSA) is 91.2 Å². The second kappa shape index (κ2) is 6.02. The van der Waals surface area contributed by atoms with E-state index in [2.05, 4.69) is 4.98 Å². The second-order valence-corrected chi connectivity index (χ2v) is 6.12. The van der Waals surface area contributed by atoms with Crippen LogP contribution in [0.3, 0.4) is 0 Å². The minimum atomic E-state index is -0.477. The van der Waals surface area contributed by atoms with E-state index in [0.717, 1.165) is 56.2 Å². The number of nitrogens with zero attached hydrogens (tertiary/aromatic N) is 1. The largest absolute Gasteiger partial charge is 0.472 e. The van der Waals surface area contributed by atoms with Crippen molar-refractivity contribution in [1.29, 1.82) is 0 Å². The summed E-state index contributed by atoms with van der Waals surface area (Å²) in [6.07, 6.45) is 8.22. The summed E-state index contributed by atoms with van der Waals surface area (Å²) in [5.74, 6) is -0.0973. The van der Waals surface area contributed by atoms with Crippen molar-refractivity contribution in [2.75, 3.05) is 0 Å². The molecule has 5 heteroatoms. The molecule has 1 amide bonds. The Hall–Kier alpha value is -1.62. The summed E-state index contributed by atoms with van der Waals surface area (Å²) in [6, 6.07) is 1.86. The first-order valence-corrected chi connectivity index (χ1v) is 7.90. The van der Waals surface area contributed by atoms with Gasteiger partial charge in [0.15, 0.2) is 0 Å². The molecule has 2 aliphatic rings. The minimum Gasteiger partial charge on any atom is -0.472 e. The lowest BCUT2D eigenvalue weighted by Crippen LogP contribution is -2.38. The molecule has 0 bridgehead atoms. The number of ether oxygens (including phenoxy) is 1. The van der Waals surface area contributed by atoms with Crippen molar-refractivity contribution in [2.45, 2.75) is 63.5 Å². The summed E-state index contributed by atoms with van der Waals surface area (Å²) < 4.78 is 6.03. The quantitative estimate of drug-likeness (QED) is 0.829. The maximum Gasteiger partial charge on any atom is 0.254 e. The Kier molecular flexibility index (Phi) is 4.10. The lowest BCUT2D eigenvalue weighted by molar-refractivity contribution is 0.0985. The van der Waals surface area contributed by atoms with Gasteiger partial charge in [-0.2, -0.15) is 0 Å². The van der Waals surface area contributed by atoms with Crippen LogP contribution < -0.4 is 16.2 Å². The Morgan fingerprint density at radius 1 is 1.19 bits per heavy atom. The third kappa shape index (κ3) is 3.02. The molecule has 5 nitrogen and oxygen atoms in total.